The molecular formula is C17H20N2O. The van der Waals surface area contributed by atoms with Crippen LogP contribution in [0.15, 0.2) is 54.6 Å². The van der Waals surface area contributed by atoms with Gasteiger partial charge in [-0.25, -0.2) is 0 Å². The molecule has 104 valence electrons. The number of benzene rings is 2. The number of hydrogen-bond donors (Lipinski definition) is 2. The minimum absolute atomic E-state index is 0.119. The van der Waals surface area contributed by atoms with Crippen molar-refractivity contribution in [2.24, 2.45) is 5.73 Å². The minimum Gasteiger partial charge on any atom is -0.369 e. The van der Waals surface area contributed by atoms with Gasteiger partial charge in [0.15, 0.2) is 0 Å². The van der Waals surface area contributed by atoms with Crippen molar-refractivity contribution < 1.29 is 4.79 Å². The van der Waals surface area contributed by atoms with Gasteiger partial charge in [0.25, 0.3) is 0 Å². The van der Waals surface area contributed by atoms with Crippen LogP contribution < -0.4 is 11.1 Å². The lowest BCUT2D eigenvalue weighted by atomic mass is 10.0. The van der Waals surface area contributed by atoms with Crippen molar-refractivity contribution in [2.45, 2.75) is 19.4 Å². The van der Waals surface area contributed by atoms with E-state index in [1.165, 1.54) is 11.1 Å². The van der Waals surface area contributed by atoms with Crippen molar-refractivity contribution >= 4 is 5.91 Å². The molecule has 1 unspecified atom stereocenters. The van der Waals surface area contributed by atoms with E-state index in [0.717, 1.165) is 12.0 Å². The van der Waals surface area contributed by atoms with Gasteiger partial charge >= 0.3 is 0 Å². The second-order valence-electron chi connectivity index (χ2n) is 4.97. The largest absolute Gasteiger partial charge is 0.369 e. The molecular weight excluding hydrogens is 248 g/mol. The first kappa shape index (κ1) is 14.3. The highest BCUT2D eigenvalue weighted by atomic mass is 16.1. The lowest BCUT2D eigenvalue weighted by Gasteiger charge is -2.13. The summed E-state index contributed by atoms with van der Waals surface area (Å²) in [6, 6.07) is 19.0. The number of carbonyl (C=O) groups is 1. The van der Waals surface area contributed by atoms with Crippen LogP contribution >= 0.6 is 0 Å². The molecule has 1 amide bonds. The van der Waals surface area contributed by atoms with Gasteiger partial charge in [-0.3, -0.25) is 4.79 Å². The zero-order valence-corrected chi connectivity index (χ0v) is 11.7. The summed E-state index contributed by atoms with van der Waals surface area (Å²) in [5, 5.41) is 3.09. The standard InChI is InChI=1S/C17H20N2O/c1-13(19-12-17(18)20)16-9-7-15(8-10-16)11-14-5-3-2-4-6-14/h2-10,13,19H,11-12H2,1H3,(H2,18,20). The van der Waals surface area contributed by atoms with Crippen LogP contribution in [0.1, 0.15) is 29.7 Å². The molecule has 0 bridgehead atoms. The van der Waals surface area contributed by atoms with Gasteiger partial charge in [-0.05, 0) is 30.0 Å². The molecule has 0 saturated heterocycles. The summed E-state index contributed by atoms with van der Waals surface area (Å²) in [6.07, 6.45) is 0.935. The van der Waals surface area contributed by atoms with E-state index in [2.05, 4.69) is 53.8 Å². The Morgan fingerprint density at radius 3 is 2.25 bits per heavy atom. The molecule has 0 saturated carbocycles. The third kappa shape index (κ3) is 4.21. The number of nitrogens with one attached hydrogen (secondary N) is 1. The number of amides is 1. The molecule has 1 atom stereocenters. The quantitative estimate of drug-likeness (QED) is 0.845. The second kappa shape index (κ2) is 6.87. The SMILES string of the molecule is CC(NCC(N)=O)c1ccc(Cc2ccccc2)cc1. The summed E-state index contributed by atoms with van der Waals surface area (Å²) in [4.78, 5) is 10.8. The van der Waals surface area contributed by atoms with Crippen molar-refractivity contribution in [3.8, 4) is 0 Å². The van der Waals surface area contributed by atoms with Crippen molar-refractivity contribution in [1.82, 2.24) is 5.32 Å². The summed E-state index contributed by atoms with van der Waals surface area (Å²) in [5.74, 6) is -0.336. The third-order valence-corrected chi connectivity index (χ3v) is 3.31. The van der Waals surface area contributed by atoms with Gasteiger partial charge in [-0.15, -0.1) is 0 Å². The lowest BCUT2D eigenvalue weighted by molar-refractivity contribution is -0.117. The van der Waals surface area contributed by atoms with Gasteiger partial charge in [0.1, 0.15) is 0 Å². The van der Waals surface area contributed by atoms with Crippen molar-refractivity contribution in [2.75, 3.05) is 6.54 Å². The molecule has 0 radical (unpaired) electrons. The van der Waals surface area contributed by atoms with Crippen LogP contribution in [0.2, 0.25) is 0 Å². The third-order valence-electron chi connectivity index (χ3n) is 3.31. The Kier molecular flexibility index (Phi) is 4.91. The van der Waals surface area contributed by atoms with E-state index < -0.39 is 0 Å². The molecule has 0 aliphatic carbocycles. The zero-order valence-electron chi connectivity index (χ0n) is 11.7. The van der Waals surface area contributed by atoms with Crippen LogP contribution in [0.25, 0.3) is 0 Å². The van der Waals surface area contributed by atoms with Gasteiger partial charge in [-0.2, -0.15) is 0 Å². The maximum atomic E-state index is 10.8. The number of primary amides is 1. The fraction of sp³-hybridized carbons (Fsp3) is 0.235. The first-order valence-corrected chi connectivity index (χ1v) is 6.79. The summed E-state index contributed by atoms with van der Waals surface area (Å²) in [7, 11) is 0. The molecule has 0 spiro atoms. The van der Waals surface area contributed by atoms with Crippen LogP contribution in [0.3, 0.4) is 0 Å². The Morgan fingerprint density at radius 1 is 1.05 bits per heavy atom. The summed E-state index contributed by atoms with van der Waals surface area (Å²) >= 11 is 0. The molecule has 2 aromatic carbocycles. The molecule has 3 heteroatoms. The number of hydrogen-bond acceptors (Lipinski definition) is 2. The summed E-state index contributed by atoms with van der Waals surface area (Å²) < 4.78 is 0. The molecule has 0 fully saturated rings. The zero-order chi connectivity index (χ0) is 14.4. The Balaban J connectivity index is 1.97. The lowest BCUT2D eigenvalue weighted by Crippen LogP contribution is -2.30. The topological polar surface area (TPSA) is 55.1 Å². The van der Waals surface area contributed by atoms with E-state index >= 15 is 0 Å². The highest BCUT2D eigenvalue weighted by molar-refractivity contribution is 5.75. The predicted molar refractivity (Wildman–Crippen MR) is 81.3 cm³/mol. The first-order valence-electron chi connectivity index (χ1n) is 6.79. The van der Waals surface area contributed by atoms with E-state index in [4.69, 9.17) is 5.73 Å². The summed E-state index contributed by atoms with van der Waals surface area (Å²) in [5.41, 5.74) is 8.87. The number of carbonyl (C=O) groups excluding carboxylic acids is 1. The van der Waals surface area contributed by atoms with E-state index in [-0.39, 0.29) is 18.5 Å². The summed E-state index contributed by atoms with van der Waals surface area (Å²) in [6.45, 7) is 2.22. The number of rotatable bonds is 6. The molecule has 3 nitrogen and oxygen atoms in total. The molecule has 20 heavy (non-hydrogen) atoms. The van der Waals surface area contributed by atoms with Crippen LogP contribution in [-0.2, 0) is 11.2 Å². The van der Waals surface area contributed by atoms with Gasteiger partial charge in [0.2, 0.25) is 5.91 Å². The van der Waals surface area contributed by atoms with E-state index in [9.17, 15) is 4.79 Å². The smallest absolute Gasteiger partial charge is 0.231 e. The Labute approximate surface area is 119 Å². The first-order chi connectivity index (χ1) is 9.65. The molecule has 0 aliphatic rings. The molecule has 0 aromatic heterocycles. The molecule has 2 rings (SSSR count). The average molecular weight is 268 g/mol. The van der Waals surface area contributed by atoms with E-state index in [1.807, 2.05) is 13.0 Å². The second-order valence-corrected chi connectivity index (χ2v) is 4.97. The van der Waals surface area contributed by atoms with Gasteiger partial charge in [-0.1, -0.05) is 54.6 Å². The van der Waals surface area contributed by atoms with Crippen LogP contribution in [-0.4, -0.2) is 12.5 Å². The monoisotopic (exact) mass is 268 g/mol. The Bertz CT molecular complexity index is 549. The minimum atomic E-state index is -0.336. The molecule has 0 heterocycles. The van der Waals surface area contributed by atoms with E-state index in [1.54, 1.807) is 0 Å². The van der Waals surface area contributed by atoms with E-state index in [0.29, 0.717) is 0 Å². The number of nitrogens with two attached hydrogens (primary N) is 1. The normalized spacial score (nSPS) is 12.1. The maximum absolute atomic E-state index is 10.8. The maximum Gasteiger partial charge on any atom is 0.231 e. The fourth-order valence-corrected chi connectivity index (χ4v) is 2.13. The Hall–Kier alpha value is -2.13. The average Bonchev–Trinajstić information content (AvgIpc) is 2.46. The van der Waals surface area contributed by atoms with Crippen molar-refractivity contribution in [3.63, 3.8) is 0 Å². The highest BCUT2D eigenvalue weighted by Crippen LogP contribution is 2.15. The fourth-order valence-electron chi connectivity index (χ4n) is 2.13. The van der Waals surface area contributed by atoms with Crippen molar-refractivity contribution in [3.05, 3.63) is 71.3 Å². The highest BCUT2D eigenvalue weighted by Gasteiger charge is 2.06. The predicted octanol–water partition coefficient (Wildman–Crippen LogP) is 2.41. The van der Waals surface area contributed by atoms with Gasteiger partial charge in [0, 0.05) is 6.04 Å². The molecule has 3 N–H and O–H groups in total. The van der Waals surface area contributed by atoms with Crippen LogP contribution in [0.4, 0.5) is 0 Å². The van der Waals surface area contributed by atoms with Gasteiger partial charge < -0.3 is 11.1 Å². The Morgan fingerprint density at radius 2 is 1.65 bits per heavy atom. The van der Waals surface area contributed by atoms with Crippen LogP contribution in [0.5, 0.6) is 0 Å². The van der Waals surface area contributed by atoms with Crippen molar-refractivity contribution in [1.29, 1.82) is 0 Å². The molecule has 0 aliphatic heterocycles. The molecule has 2 aromatic rings. The van der Waals surface area contributed by atoms with Crippen LogP contribution in [0, 0.1) is 0 Å². The van der Waals surface area contributed by atoms with Gasteiger partial charge in [0.05, 0.1) is 6.54 Å².